The molecule has 0 saturated carbocycles. The van der Waals surface area contributed by atoms with Crippen molar-refractivity contribution >= 4 is 0 Å². The van der Waals surface area contributed by atoms with Gasteiger partial charge < -0.3 is 4.90 Å². The Bertz CT molecular complexity index is 377. The lowest BCUT2D eigenvalue weighted by atomic mass is 9.64. The van der Waals surface area contributed by atoms with Gasteiger partial charge in [-0.05, 0) is 40.0 Å². The normalized spacial score (nSPS) is 14.1. The maximum atomic E-state index is 5.68. The van der Waals surface area contributed by atoms with Crippen molar-refractivity contribution in [1.29, 1.82) is 0 Å². The molecule has 1 nitrogen and oxygen atoms in total. The first kappa shape index (κ1) is 16.6. The van der Waals surface area contributed by atoms with E-state index in [0.717, 1.165) is 5.70 Å². The molecule has 0 spiro atoms. The first-order chi connectivity index (χ1) is 8.15. The Kier molecular flexibility index (Phi) is 5.49. The monoisotopic (exact) mass is 245 g/mol. The number of hydrogen-bond donors (Lipinski definition) is 0. The minimum atomic E-state index is -0.204. The zero-order valence-electron chi connectivity index (χ0n) is 12.7. The highest BCUT2D eigenvalue weighted by atomic mass is 15.2. The van der Waals surface area contributed by atoms with Crippen LogP contribution in [0.1, 0.15) is 41.5 Å². The largest absolute Gasteiger partial charge is 0.346 e. The average molecular weight is 245 g/mol. The summed E-state index contributed by atoms with van der Waals surface area (Å²) >= 11 is 0. The summed E-state index contributed by atoms with van der Waals surface area (Å²) in [6.45, 7) is 20.7. The second-order valence-corrected chi connectivity index (χ2v) is 5.75. The van der Waals surface area contributed by atoms with E-state index in [0.29, 0.717) is 0 Å². The molecule has 0 aromatic carbocycles. The minimum Gasteiger partial charge on any atom is -0.346 e. The Balaban J connectivity index is 5.36. The molecule has 0 rings (SSSR count). The number of allylic oxidation sites excluding steroid dienone is 2. The van der Waals surface area contributed by atoms with Crippen molar-refractivity contribution in [3.05, 3.63) is 37.2 Å². The molecule has 18 heavy (non-hydrogen) atoms. The maximum absolute atomic E-state index is 5.68. The topological polar surface area (TPSA) is 3.24 Å². The predicted molar refractivity (Wildman–Crippen MR) is 81.8 cm³/mol. The van der Waals surface area contributed by atoms with Crippen molar-refractivity contribution in [2.75, 3.05) is 0 Å². The van der Waals surface area contributed by atoms with Crippen molar-refractivity contribution in [3.8, 4) is 12.3 Å². The molecule has 0 saturated heterocycles. The first-order valence-corrected chi connectivity index (χ1v) is 6.36. The van der Waals surface area contributed by atoms with Crippen LogP contribution in [0.15, 0.2) is 37.2 Å². The van der Waals surface area contributed by atoms with Crippen molar-refractivity contribution in [1.82, 2.24) is 4.90 Å². The fraction of sp³-hybridized carbons (Fsp3) is 0.529. The number of nitrogens with zero attached hydrogens (tertiary/aromatic N) is 1. The molecule has 0 aliphatic carbocycles. The van der Waals surface area contributed by atoms with E-state index in [1.807, 2.05) is 25.3 Å². The Labute approximate surface area is 113 Å². The van der Waals surface area contributed by atoms with Crippen LogP contribution in [-0.4, -0.2) is 10.9 Å². The molecule has 0 aromatic rings. The van der Waals surface area contributed by atoms with Crippen LogP contribution in [0.5, 0.6) is 0 Å². The van der Waals surface area contributed by atoms with E-state index in [1.54, 1.807) is 0 Å². The highest BCUT2D eigenvalue weighted by Gasteiger charge is 2.42. The van der Waals surface area contributed by atoms with Crippen LogP contribution in [0, 0.1) is 23.2 Å². The van der Waals surface area contributed by atoms with Gasteiger partial charge in [0.25, 0.3) is 0 Å². The van der Waals surface area contributed by atoms with Gasteiger partial charge in [-0.15, -0.1) is 6.42 Å². The summed E-state index contributed by atoms with van der Waals surface area (Å²) in [6.07, 6.45) is 11.5. The number of hydrogen-bond acceptors (Lipinski definition) is 1. The molecule has 0 radical (unpaired) electrons. The zero-order valence-corrected chi connectivity index (χ0v) is 12.7. The molecular formula is C17H27N. The summed E-state index contributed by atoms with van der Waals surface area (Å²) in [5.74, 6) is 2.90. The fourth-order valence-corrected chi connectivity index (χ4v) is 1.86. The molecule has 0 N–H and O–H groups in total. The molecule has 0 aliphatic heterocycles. The summed E-state index contributed by atoms with van der Waals surface area (Å²) < 4.78 is 0. The van der Waals surface area contributed by atoms with Gasteiger partial charge in [0.2, 0.25) is 0 Å². The third-order valence-electron chi connectivity index (χ3n) is 4.32. The van der Waals surface area contributed by atoms with Crippen molar-refractivity contribution in [3.63, 3.8) is 0 Å². The van der Waals surface area contributed by atoms with Gasteiger partial charge in [0.05, 0.1) is 0 Å². The van der Waals surface area contributed by atoms with Crippen LogP contribution in [0.25, 0.3) is 0 Å². The third-order valence-corrected chi connectivity index (χ3v) is 4.32. The van der Waals surface area contributed by atoms with E-state index < -0.39 is 0 Å². The summed E-state index contributed by atoms with van der Waals surface area (Å²) in [7, 11) is 0. The average Bonchev–Trinajstić information content (AvgIpc) is 2.29. The van der Waals surface area contributed by atoms with Gasteiger partial charge in [-0.3, -0.25) is 0 Å². The van der Waals surface area contributed by atoms with Crippen LogP contribution >= 0.6 is 0 Å². The molecule has 0 aromatic heterocycles. The second-order valence-electron chi connectivity index (χ2n) is 5.75. The maximum Gasteiger partial charge on any atom is 0.0373 e. The molecular weight excluding hydrogens is 218 g/mol. The van der Waals surface area contributed by atoms with Crippen molar-refractivity contribution in [2.24, 2.45) is 10.8 Å². The molecule has 0 aliphatic rings. The quantitative estimate of drug-likeness (QED) is 0.488. The summed E-state index contributed by atoms with van der Waals surface area (Å²) in [6, 6.07) is 0.213. The Morgan fingerprint density at radius 2 is 1.83 bits per heavy atom. The molecule has 1 atom stereocenters. The molecule has 0 amide bonds. The van der Waals surface area contributed by atoms with E-state index >= 15 is 0 Å². The number of rotatable bonds is 6. The third kappa shape index (κ3) is 3.07. The Hall–Kier alpha value is -1.42. The second kappa shape index (κ2) is 5.96. The lowest BCUT2D eigenvalue weighted by molar-refractivity contribution is 0.0784. The molecule has 0 bridgehead atoms. The number of terminal acetylenes is 1. The molecule has 0 fully saturated rings. The van der Waals surface area contributed by atoms with E-state index in [2.05, 4.69) is 58.6 Å². The zero-order chi connectivity index (χ0) is 14.6. The standard InChI is InChI=1S/C17H27N/c1-10-13-14(4)18(12-3)15(5)17(8,9)16(6,7)11-2/h2,10,12-13,15H,3-4H2,1,5-9H3/b13-10-. The highest BCUT2D eigenvalue weighted by Crippen LogP contribution is 2.43. The predicted octanol–water partition coefficient (Wildman–Crippen LogP) is 4.60. The van der Waals surface area contributed by atoms with Gasteiger partial charge in [0, 0.05) is 22.6 Å². The van der Waals surface area contributed by atoms with E-state index in [4.69, 9.17) is 6.42 Å². The van der Waals surface area contributed by atoms with Crippen LogP contribution in [-0.2, 0) is 0 Å². The minimum absolute atomic E-state index is 0.0690. The van der Waals surface area contributed by atoms with Crippen molar-refractivity contribution in [2.45, 2.75) is 47.6 Å². The van der Waals surface area contributed by atoms with Crippen LogP contribution in [0.3, 0.4) is 0 Å². The van der Waals surface area contributed by atoms with Gasteiger partial charge in [-0.1, -0.05) is 39.0 Å². The van der Waals surface area contributed by atoms with Gasteiger partial charge in [-0.2, -0.15) is 0 Å². The smallest absolute Gasteiger partial charge is 0.0373 e. The Morgan fingerprint density at radius 1 is 1.33 bits per heavy atom. The van der Waals surface area contributed by atoms with Crippen LogP contribution in [0.2, 0.25) is 0 Å². The summed E-state index contributed by atoms with van der Waals surface area (Å²) in [5, 5.41) is 0. The van der Waals surface area contributed by atoms with Crippen LogP contribution < -0.4 is 0 Å². The first-order valence-electron chi connectivity index (χ1n) is 6.36. The lowest BCUT2D eigenvalue weighted by Gasteiger charge is -2.47. The fourth-order valence-electron chi connectivity index (χ4n) is 1.86. The van der Waals surface area contributed by atoms with E-state index in [9.17, 15) is 0 Å². The van der Waals surface area contributed by atoms with Gasteiger partial charge >= 0.3 is 0 Å². The van der Waals surface area contributed by atoms with Crippen molar-refractivity contribution < 1.29 is 0 Å². The molecule has 1 unspecified atom stereocenters. The summed E-state index contributed by atoms with van der Waals surface area (Å²) in [5.41, 5.74) is 0.658. The van der Waals surface area contributed by atoms with Gasteiger partial charge in [0.15, 0.2) is 0 Å². The highest BCUT2D eigenvalue weighted by molar-refractivity contribution is 5.19. The molecule has 0 heterocycles. The van der Waals surface area contributed by atoms with Crippen LogP contribution in [0.4, 0.5) is 0 Å². The molecule has 1 heteroatoms. The lowest BCUT2D eigenvalue weighted by Crippen LogP contribution is -2.47. The molecule has 100 valence electrons. The summed E-state index contributed by atoms with van der Waals surface area (Å²) in [4.78, 5) is 2.08. The van der Waals surface area contributed by atoms with E-state index in [-0.39, 0.29) is 16.9 Å². The van der Waals surface area contributed by atoms with Gasteiger partial charge in [0.1, 0.15) is 0 Å². The van der Waals surface area contributed by atoms with Gasteiger partial charge in [-0.25, -0.2) is 0 Å². The Morgan fingerprint density at radius 3 is 2.17 bits per heavy atom. The van der Waals surface area contributed by atoms with E-state index in [1.165, 1.54) is 0 Å². The SMILES string of the molecule is C#CC(C)(C)C(C)(C)C(C)N(C=C)C(=C)/C=C\C.